The molecule has 1 aliphatic carbocycles. The van der Waals surface area contributed by atoms with Gasteiger partial charge in [-0.05, 0) is 30.5 Å². The number of nitriles is 1. The number of amides is 1. The minimum absolute atomic E-state index is 0.0781. The van der Waals surface area contributed by atoms with Gasteiger partial charge in [0.1, 0.15) is 17.3 Å². The third-order valence-corrected chi connectivity index (χ3v) is 7.21. The minimum Gasteiger partial charge on any atom is -0.383 e. The Morgan fingerprint density at radius 3 is 2.53 bits per heavy atom. The first-order valence-corrected chi connectivity index (χ1v) is 11.5. The van der Waals surface area contributed by atoms with E-state index in [-0.39, 0.29) is 29.6 Å². The predicted molar refractivity (Wildman–Crippen MR) is 129 cm³/mol. The van der Waals surface area contributed by atoms with Crippen molar-refractivity contribution >= 4 is 29.0 Å². The van der Waals surface area contributed by atoms with Crippen LogP contribution in [0.5, 0.6) is 0 Å². The van der Waals surface area contributed by atoms with Crippen LogP contribution in [0.15, 0.2) is 71.2 Å². The van der Waals surface area contributed by atoms with Crippen LogP contribution in [0.4, 0.5) is 5.69 Å². The summed E-state index contributed by atoms with van der Waals surface area (Å²) >= 11 is 6.43. The van der Waals surface area contributed by atoms with E-state index in [2.05, 4.69) is 6.07 Å². The zero-order valence-corrected chi connectivity index (χ0v) is 19.8. The quantitative estimate of drug-likeness (QED) is 0.731. The monoisotopic (exact) mass is 473 g/mol. The van der Waals surface area contributed by atoms with Gasteiger partial charge >= 0.3 is 0 Å². The number of carbonyl (C=O) groups is 2. The van der Waals surface area contributed by atoms with E-state index in [1.807, 2.05) is 42.5 Å². The molecule has 2 heterocycles. The molecule has 0 bridgehead atoms. The van der Waals surface area contributed by atoms with E-state index in [0.29, 0.717) is 46.8 Å². The number of carbonyl (C=O) groups excluding carboxylic acids is 2. The fourth-order valence-corrected chi connectivity index (χ4v) is 5.72. The van der Waals surface area contributed by atoms with Crippen LogP contribution in [0.1, 0.15) is 30.4 Å². The molecule has 0 unspecified atom stereocenters. The van der Waals surface area contributed by atoms with Crippen LogP contribution in [0.2, 0.25) is 5.02 Å². The van der Waals surface area contributed by atoms with E-state index in [0.717, 1.165) is 5.56 Å². The van der Waals surface area contributed by atoms with Gasteiger partial charge in [-0.15, -0.1) is 0 Å². The second-order valence-corrected chi connectivity index (χ2v) is 9.29. The molecule has 0 radical (unpaired) electrons. The molecule has 2 aliphatic heterocycles. The average molecular weight is 474 g/mol. The van der Waals surface area contributed by atoms with E-state index < -0.39 is 5.41 Å². The Kier molecular flexibility index (Phi) is 5.23. The Balaban J connectivity index is 1.81. The maximum absolute atomic E-state index is 14.5. The molecule has 3 aliphatic rings. The fourth-order valence-electron chi connectivity index (χ4n) is 5.52. The van der Waals surface area contributed by atoms with Crippen molar-refractivity contribution in [2.45, 2.75) is 31.2 Å². The molecular weight excluding hydrogens is 450 g/mol. The highest BCUT2D eigenvalue weighted by Gasteiger charge is 2.62. The van der Waals surface area contributed by atoms with Gasteiger partial charge in [0, 0.05) is 48.1 Å². The molecule has 1 atom stereocenters. The van der Waals surface area contributed by atoms with E-state index in [1.165, 1.54) is 0 Å². The van der Waals surface area contributed by atoms with E-state index >= 15 is 0 Å². The largest absolute Gasteiger partial charge is 0.383 e. The Labute approximate surface area is 203 Å². The number of rotatable bonds is 3. The van der Waals surface area contributed by atoms with E-state index in [9.17, 15) is 14.9 Å². The molecule has 5 rings (SSSR count). The van der Waals surface area contributed by atoms with Crippen molar-refractivity contribution in [1.29, 1.82) is 5.26 Å². The highest BCUT2D eigenvalue weighted by Crippen LogP contribution is 2.56. The van der Waals surface area contributed by atoms with Gasteiger partial charge in [-0.3, -0.25) is 14.6 Å². The molecule has 2 aromatic carbocycles. The Bertz CT molecular complexity index is 1340. The van der Waals surface area contributed by atoms with Gasteiger partial charge in [-0.2, -0.15) is 5.26 Å². The van der Waals surface area contributed by atoms with Crippen molar-refractivity contribution in [3.8, 4) is 6.07 Å². The second-order valence-electron chi connectivity index (χ2n) is 8.88. The zero-order chi connectivity index (χ0) is 24.2. The smallest absolute Gasteiger partial charge is 0.248 e. The lowest BCUT2D eigenvalue weighted by Crippen LogP contribution is -2.54. The summed E-state index contributed by atoms with van der Waals surface area (Å²) in [5, 5.41) is 14.4. The normalized spacial score (nSPS) is 22.0. The summed E-state index contributed by atoms with van der Waals surface area (Å²) < 4.78 is 0. The fraction of sp³-hybridized carbons (Fsp3) is 0.269. The van der Waals surface area contributed by atoms with E-state index in [1.54, 1.807) is 35.1 Å². The third kappa shape index (κ3) is 2.86. The number of anilines is 1. The molecule has 8 heteroatoms. The van der Waals surface area contributed by atoms with Crippen LogP contribution in [0.25, 0.3) is 0 Å². The maximum atomic E-state index is 14.5. The second kappa shape index (κ2) is 8.01. The lowest BCUT2D eigenvalue weighted by atomic mass is 9.64. The molecule has 2 N–H and O–H groups in total. The van der Waals surface area contributed by atoms with Crippen molar-refractivity contribution in [2.75, 3.05) is 19.0 Å². The van der Waals surface area contributed by atoms with Gasteiger partial charge in [-0.1, -0.05) is 48.0 Å². The minimum atomic E-state index is -1.57. The summed E-state index contributed by atoms with van der Waals surface area (Å²) in [5.41, 5.74) is 8.16. The number of hydrogen-bond acceptors (Lipinski definition) is 6. The van der Waals surface area contributed by atoms with Gasteiger partial charge in [0.15, 0.2) is 5.78 Å². The highest BCUT2D eigenvalue weighted by molar-refractivity contribution is 6.31. The summed E-state index contributed by atoms with van der Waals surface area (Å²) in [6.45, 7) is 0.212. The zero-order valence-electron chi connectivity index (χ0n) is 19.0. The number of Topliss-reactive ketones (excluding diaryl/α,β-unsaturated/α-hetero) is 1. The number of benzene rings is 2. The number of halogens is 1. The van der Waals surface area contributed by atoms with Crippen molar-refractivity contribution in [2.24, 2.45) is 5.73 Å². The molecular formula is C26H24ClN5O2. The molecule has 34 heavy (non-hydrogen) atoms. The molecule has 0 aromatic heterocycles. The topological polar surface area (TPSA) is 93.7 Å². The molecule has 2 aromatic rings. The molecule has 0 saturated carbocycles. The van der Waals surface area contributed by atoms with Crippen LogP contribution in [-0.4, -0.2) is 35.8 Å². The summed E-state index contributed by atoms with van der Waals surface area (Å²) in [5.74, 6) is -0.311. The van der Waals surface area contributed by atoms with Crippen LogP contribution in [0, 0.1) is 11.3 Å². The van der Waals surface area contributed by atoms with Crippen molar-refractivity contribution in [3.63, 3.8) is 0 Å². The van der Waals surface area contributed by atoms with Gasteiger partial charge in [0.2, 0.25) is 5.91 Å². The molecule has 172 valence electrons. The number of ketones is 1. The Morgan fingerprint density at radius 2 is 1.82 bits per heavy atom. The number of hydrazine groups is 1. The number of hydrogen-bond donors (Lipinski definition) is 1. The first kappa shape index (κ1) is 22.2. The van der Waals surface area contributed by atoms with Crippen molar-refractivity contribution in [1.82, 2.24) is 10.0 Å². The molecule has 1 amide bonds. The van der Waals surface area contributed by atoms with Gasteiger partial charge < -0.3 is 10.6 Å². The number of para-hydroxylation sites is 1. The maximum Gasteiger partial charge on any atom is 0.248 e. The molecule has 0 fully saturated rings. The summed E-state index contributed by atoms with van der Waals surface area (Å²) in [4.78, 5) is 29.6. The van der Waals surface area contributed by atoms with Crippen molar-refractivity contribution in [3.05, 3.63) is 87.3 Å². The average Bonchev–Trinajstić information content (AvgIpc) is 3.04. The summed E-state index contributed by atoms with van der Waals surface area (Å²) in [6, 6.07) is 16.9. The van der Waals surface area contributed by atoms with Crippen LogP contribution in [-0.2, 0) is 21.5 Å². The van der Waals surface area contributed by atoms with Gasteiger partial charge in [-0.25, -0.2) is 5.01 Å². The summed E-state index contributed by atoms with van der Waals surface area (Å²) in [6.07, 6.45) is 1.56. The third-order valence-electron chi connectivity index (χ3n) is 6.84. The van der Waals surface area contributed by atoms with Crippen LogP contribution >= 0.6 is 11.6 Å². The van der Waals surface area contributed by atoms with Crippen LogP contribution in [0.3, 0.4) is 0 Å². The van der Waals surface area contributed by atoms with Crippen LogP contribution < -0.4 is 10.6 Å². The molecule has 7 nitrogen and oxygen atoms in total. The highest BCUT2D eigenvalue weighted by atomic mass is 35.5. The standard InChI is InChI=1S/C26H24ClN5O2/c1-30(2)32-21-12-7-13-22(33)23(21)26(18(14-28)24(32)29)17-9-4-6-11-20(17)31(25(26)34)15-16-8-3-5-10-19(16)27/h3-6,8-11H,7,12-13,15,29H2,1-2H3/t26-/m1/s1. The lowest BCUT2D eigenvalue weighted by molar-refractivity contribution is -0.124. The van der Waals surface area contributed by atoms with E-state index in [4.69, 9.17) is 17.3 Å². The Morgan fingerprint density at radius 1 is 1.12 bits per heavy atom. The Hall–Kier alpha value is -3.60. The van der Waals surface area contributed by atoms with Gasteiger partial charge in [0.05, 0.1) is 12.1 Å². The first-order chi connectivity index (χ1) is 16.3. The number of nitrogens with two attached hydrogens (primary N) is 1. The van der Waals surface area contributed by atoms with Crippen molar-refractivity contribution < 1.29 is 9.59 Å². The first-order valence-electron chi connectivity index (χ1n) is 11.1. The molecule has 1 spiro atoms. The lowest BCUT2D eigenvalue weighted by Gasteiger charge is -2.45. The predicted octanol–water partition coefficient (Wildman–Crippen LogP) is 3.62. The number of fused-ring (bicyclic) bond motifs is 3. The summed E-state index contributed by atoms with van der Waals surface area (Å²) in [7, 11) is 3.61. The number of allylic oxidation sites excluding steroid dienone is 1. The number of nitrogens with zero attached hydrogens (tertiary/aromatic N) is 4. The SMILES string of the molecule is CN(C)N1C(N)=C(C#N)[C@@]2(C(=O)N(Cc3ccccc3Cl)c3ccccc32)C2=C1CCCC2=O. The molecule has 0 saturated heterocycles. The van der Waals surface area contributed by atoms with Gasteiger partial charge in [0.25, 0.3) is 0 Å².